The molecule has 0 spiro atoms. The molecule has 0 bridgehead atoms. The number of H-pyrrole nitrogens is 1. The van der Waals surface area contributed by atoms with Crippen molar-refractivity contribution in [1.82, 2.24) is 14.5 Å². The molecular formula is C15H17F3N4O2. The van der Waals surface area contributed by atoms with E-state index in [0.717, 1.165) is 16.7 Å². The molecular weight excluding hydrogens is 325 g/mol. The molecule has 0 unspecified atom stereocenters. The Kier molecular flexibility index (Phi) is 4.81. The number of anilines is 1. The van der Waals surface area contributed by atoms with Gasteiger partial charge in [0.25, 0.3) is 0 Å². The highest BCUT2D eigenvalue weighted by Crippen LogP contribution is 2.31. The van der Waals surface area contributed by atoms with Gasteiger partial charge in [0.15, 0.2) is 0 Å². The van der Waals surface area contributed by atoms with Crippen molar-refractivity contribution in [2.24, 2.45) is 0 Å². The van der Waals surface area contributed by atoms with Crippen LogP contribution in [-0.4, -0.2) is 14.5 Å². The first-order valence-electron chi connectivity index (χ1n) is 7.26. The zero-order chi connectivity index (χ0) is 18.1. The zero-order valence-electron chi connectivity index (χ0n) is 13.3. The first-order chi connectivity index (χ1) is 11.1. The van der Waals surface area contributed by atoms with E-state index in [0.29, 0.717) is 5.56 Å². The van der Waals surface area contributed by atoms with E-state index >= 15 is 0 Å². The van der Waals surface area contributed by atoms with E-state index in [1.54, 1.807) is 20.8 Å². The Bertz CT molecular complexity index is 808. The number of hydrogen-bond donors (Lipinski definition) is 2. The lowest BCUT2D eigenvalue weighted by Gasteiger charge is -2.17. The Labute approximate surface area is 135 Å². The molecule has 1 atom stereocenters. The van der Waals surface area contributed by atoms with E-state index in [4.69, 9.17) is 0 Å². The predicted molar refractivity (Wildman–Crippen MR) is 83.0 cm³/mol. The van der Waals surface area contributed by atoms with Crippen LogP contribution in [0.2, 0.25) is 0 Å². The molecule has 9 heteroatoms. The minimum absolute atomic E-state index is 0.0909. The molecule has 6 nitrogen and oxygen atoms in total. The lowest BCUT2D eigenvalue weighted by Crippen LogP contribution is -2.39. The quantitative estimate of drug-likeness (QED) is 0.895. The summed E-state index contributed by atoms with van der Waals surface area (Å²) in [6.07, 6.45) is -4.44. The number of nitrogens with zero attached hydrogens (tertiary/aromatic N) is 2. The highest BCUT2D eigenvalue weighted by atomic mass is 19.4. The SMILES string of the molecule is CC(C)n1c(=O)nc(N[C@@H](C)c2cccc(C(F)(F)F)c2)[nH]c1=O. The van der Waals surface area contributed by atoms with Gasteiger partial charge in [0.1, 0.15) is 0 Å². The molecule has 0 fully saturated rings. The van der Waals surface area contributed by atoms with Gasteiger partial charge in [0, 0.05) is 6.04 Å². The molecule has 0 aliphatic heterocycles. The third kappa shape index (κ3) is 3.84. The van der Waals surface area contributed by atoms with E-state index < -0.39 is 29.2 Å². The second-order valence-corrected chi connectivity index (χ2v) is 5.63. The topological polar surface area (TPSA) is 79.8 Å². The zero-order valence-corrected chi connectivity index (χ0v) is 13.3. The van der Waals surface area contributed by atoms with E-state index in [1.807, 2.05) is 0 Å². The third-order valence-electron chi connectivity index (χ3n) is 3.44. The van der Waals surface area contributed by atoms with Gasteiger partial charge in [0.2, 0.25) is 5.95 Å². The Morgan fingerprint density at radius 1 is 1.21 bits per heavy atom. The maximum absolute atomic E-state index is 12.8. The van der Waals surface area contributed by atoms with E-state index in [2.05, 4.69) is 15.3 Å². The highest BCUT2D eigenvalue weighted by molar-refractivity contribution is 5.33. The summed E-state index contributed by atoms with van der Waals surface area (Å²) in [5.74, 6) is -0.0909. The van der Waals surface area contributed by atoms with Crippen molar-refractivity contribution >= 4 is 5.95 Å². The molecule has 24 heavy (non-hydrogen) atoms. The summed E-state index contributed by atoms with van der Waals surface area (Å²) in [5, 5.41) is 2.74. The molecule has 2 aromatic rings. The fraction of sp³-hybridized carbons (Fsp3) is 0.400. The van der Waals surface area contributed by atoms with E-state index in [9.17, 15) is 22.8 Å². The minimum atomic E-state index is -4.44. The van der Waals surface area contributed by atoms with Crippen LogP contribution in [0.5, 0.6) is 0 Å². The Morgan fingerprint density at radius 3 is 2.42 bits per heavy atom. The molecule has 2 N–H and O–H groups in total. The Morgan fingerprint density at radius 2 is 1.88 bits per heavy atom. The fourth-order valence-corrected chi connectivity index (χ4v) is 2.22. The fourth-order valence-electron chi connectivity index (χ4n) is 2.22. The van der Waals surface area contributed by atoms with Crippen molar-refractivity contribution in [2.45, 2.75) is 39.0 Å². The molecule has 0 saturated heterocycles. The number of aromatic amines is 1. The maximum atomic E-state index is 12.8. The first-order valence-corrected chi connectivity index (χ1v) is 7.26. The second kappa shape index (κ2) is 6.50. The molecule has 0 saturated carbocycles. The van der Waals surface area contributed by atoms with Crippen LogP contribution in [0.15, 0.2) is 33.9 Å². The average molecular weight is 342 g/mol. The summed E-state index contributed by atoms with van der Waals surface area (Å²) < 4.78 is 39.2. The van der Waals surface area contributed by atoms with Crippen LogP contribution < -0.4 is 16.7 Å². The van der Waals surface area contributed by atoms with Gasteiger partial charge in [-0.1, -0.05) is 12.1 Å². The smallest absolute Gasteiger partial charge is 0.349 e. The molecule has 0 radical (unpaired) electrons. The van der Waals surface area contributed by atoms with Crippen molar-refractivity contribution in [2.75, 3.05) is 5.32 Å². The molecule has 130 valence electrons. The van der Waals surface area contributed by atoms with Crippen molar-refractivity contribution in [3.63, 3.8) is 0 Å². The summed E-state index contributed by atoms with van der Waals surface area (Å²) in [4.78, 5) is 29.9. The van der Waals surface area contributed by atoms with E-state index in [-0.39, 0.29) is 12.0 Å². The van der Waals surface area contributed by atoms with E-state index in [1.165, 1.54) is 12.1 Å². The van der Waals surface area contributed by atoms with Gasteiger partial charge in [-0.05, 0) is 38.5 Å². The molecule has 1 aromatic heterocycles. The summed E-state index contributed by atoms with van der Waals surface area (Å²) >= 11 is 0. The summed E-state index contributed by atoms with van der Waals surface area (Å²) in [7, 11) is 0. The van der Waals surface area contributed by atoms with Crippen LogP contribution in [0.3, 0.4) is 0 Å². The molecule has 1 aromatic carbocycles. The Hall–Kier alpha value is -2.58. The van der Waals surface area contributed by atoms with Crippen LogP contribution in [0, 0.1) is 0 Å². The van der Waals surface area contributed by atoms with Crippen LogP contribution in [0.4, 0.5) is 19.1 Å². The number of alkyl halides is 3. The molecule has 1 heterocycles. The highest BCUT2D eigenvalue weighted by Gasteiger charge is 2.30. The van der Waals surface area contributed by atoms with Gasteiger partial charge in [0.05, 0.1) is 11.6 Å². The predicted octanol–water partition coefficient (Wildman–Crippen LogP) is 2.70. The van der Waals surface area contributed by atoms with Crippen molar-refractivity contribution in [1.29, 1.82) is 0 Å². The Balaban J connectivity index is 2.29. The van der Waals surface area contributed by atoms with Gasteiger partial charge in [-0.2, -0.15) is 18.2 Å². The number of halogens is 3. The van der Waals surface area contributed by atoms with Gasteiger partial charge in [-0.25, -0.2) is 14.2 Å². The molecule has 2 rings (SSSR count). The lowest BCUT2D eigenvalue weighted by molar-refractivity contribution is -0.137. The van der Waals surface area contributed by atoms with Crippen LogP contribution >= 0.6 is 0 Å². The summed E-state index contributed by atoms with van der Waals surface area (Å²) in [6.45, 7) is 4.93. The van der Waals surface area contributed by atoms with Crippen molar-refractivity contribution in [3.05, 3.63) is 56.4 Å². The number of nitrogens with one attached hydrogen (secondary N) is 2. The van der Waals surface area contributed by atoms with Crippen LogP contribution in [-0.2, 0) is 6.18 Å². The summed E-state index contributed by atoms with van der Waals surface area (Å²) in [6, 6.07) is 3.84. The van der Waals surface area contributed by atoms with Gasteiger partial charge >= 0.3 is 17.6 Å². The standard InChI is InChI=1S/C15H17F3N4O2/c1-8(2)22-13(23)20-12(21-14(22)24)19-9(3)10-5-4-6-11(7-10)15(16,17)18/h4-9H,1-3H3,(H2,19,20,21,23,24)/t9-/m0/s1. The number of hydrogen-bond acceptors (Lipinski definition) is 4. The van der Waals surface area contributed by atoms with Gasteiger partial charge in [-0.3, -0.25) is 4.98 Å². The van der Waals surface area contributed by atoms with Gasteiger partial charge in [-0.15, -0.1) is 0 Å². The van der Waals surface area contributed by atoms with Crippen molar-refractivity contribution < 1.29 is 13.2 Å². The first kappa shape index (κ1) is 17.8. The largest absolute Gasteiger partial charge is 0.416 e. The third-order valence-corrected chi connectivity index (χ3v) is 3.44. The molecule has 0 aliphatic carbocycles. The lowest BCUT2D eigenvalue weighted by atomic mass is 10.1. The molecule has 0 amide bonds. The number of rotatable bonds is 4. The average Bonchev–Trinajstić information content (AvgIpc) is 2.45. The minimum Gasteiger partial charge on any atom is -0.349 e. The van der Waals surface area contributed by atoms with Crippen LogP contribution in [0.1, 0.15) is 44.0 Å². The maximum Gasteiger partial charge on any atom is 0.416 e. The van der Waals surface area contributed by atoms with Crippen LogP contribution in [0.25, 0.3) is 0 Å². The monoisotopic (exact) mass is 342 g/mol. The van der Waals surface area contributed by atoms with Crippen molar-refractivity contribution in [3.8, 4) is 0 Å². The number of aromatic nitrogens is 3. The molecule has 0 aliphatic rings. The second-order valence-electron chi connectivity index (χ2n) is 5.63. The summed E-state index contributed by atoms with van der Waals surface area (Å²) in [5.41, 5.74) is -1.79. The number of benzene rings is 1. The van der Waals surface area contributed by atoms with Gasteiger partial charge < -0.3 is 5.32 Å². The normalized spacial score (nSPS) is 13.1.